The quantitative estimate of drug-likeness (QED) is 0.778. The van der Waals surface area contributed by atoms with Gasteiger partial charge in [0.25, 0.3) is 0 Å². The Bertz CT molecular complexity index is 290. The average Bonchev–Trinajstić information content (AvgIpc) is 2.13. The van der Waals surface area contributed by atoms with E-state index in [1.807, 2.05) is 6.92 Å². The Morgan fingerprint density at radius 3 is 2.00 bits per heavy atom. The minimum atomic E-state index is -0.916. The van der Waals surface area contributed by atoms with Crippen molar-refractivity contribution in [2.75, 3.05) is 6.54 Å². The molecule has 4 nitrogen and oxygen atoms in total. The summed E-state index contributed by atoms with van der Waals surface area (Å²) in [6.45, 7) is 11.7. The Kier molecular flexibility index (Phi) is 5.17. The summed E-state index contributed by atoms with van der Waals surface area (Å²) in [4.78, 5) is 22.5. The van der Waals surface area contributed by atoms with Gasteiger partial charge in [-0.3, -0.25) is 9.59 Å². The number of nitrogens with one attached hydrogen (secondary N) is 1. The number of amides is 1. The van der Waals surface area contributed by atoms with Gasteiger partial charge >= 0.3 is 5.97 Å². The molecule has 0 aliphatic heterocycles. The summed E-state index contributed by atoms with van der Waals surface area (Å²) < 4.78 is 0. The van der Waals surface area contributed by atoms with Gasteiger partial charge in [0.2, 0.25) is 5.91 Å². The molecule has 0 aromatic rings. The van der Waals surface area contributed by atoms with Crippen molar-refractivity contribution < 1.29 is 14.7 Å². The van der Waals surface area contributed by atoms with Crippen molar-refractivity contribution in [2.45, 2.75) is 48.0 Å². The first-order valence-electron chi connectivity index (χ1n) is 5.97. The lowest BCUT2D eigenvalue weighted by atomic mass is 9.80. The Morgan fingerprint density at radius 2 is 1.65 bits per heavy atom. The maximum absolute atomic E-state index is 11.7. The van der Waals surface area contributed by atoms with Gasteiger partial charge in [-0.15, -0.1) is 0 Å². The zero-order chi connectivity index (χ0) is 13.9. The highest BCUT2D eigenvalue weighted by atomic mass is 16.4. The van der Waals surface area contributed by atoms with Crippen molar-refractivity contribution in [1.29, 1.82) is 0 Å². The SMILES string of the molecule is CC(CC(=O)NCC(C)(C)C(=O)O)C(C)(C)C. The number of aliphatic carboxylic acids is 1. The summed E-state index contributed by atoms with van der Waals surface area (Å²) in [6, 6.07) is 0. The van der Waals surface area contributed by atoms with Gasteiger partial charge in [-0.1, -0.05) is 27.7 Å². The molecule has 100 valence electrons. The third-order valence-corrected chi connectivity index (χ3v) is 3.28. The van der Waals surface area contributed by atoms with Crippen molar-refractivity contribution >= 4 is 11.9 Å². The fourth-order valence-electron chi connectivity index (χ4n) is 1.05. The van der Waals surface area contributed by atoms with E-state index in [2.05, 4.69) is 26.1 Å². The minimum Gasteiger partial charge on any atom is -0.481 e. The molecule has 1 atom stereocenters. The molecule has 0 aromatic heterocycles. The van der Waals surface area contributed by atoms with Crippen LogP contribution in [0.15, 0.2) is 0 Å². The van der Waals surface area contributed by atoms with E-state index in [0.29, 0.717) is 6.42 Å². The van der Waals surface area contributed by atoms with E-state index in [0.717, 1.165) is 0 Å². The summed E-state index contributed by atoms with van der Waals surface area (Å²) >= 11 is 0. The highest BCUT2D eigenvalue weighted by Crippen LogP contribution is 2.27. The van der Waals surface area contributed by atoms with Crippen LogP contribution < -0.4 is 5.32 Å². The number of hydrogen-bond acceptors (Lipinski definition) is 2. The van der Waals surface area contributed by atoms with Crippen LogP contribution in [0.4, 0.5) is 0 Å². The zero-order valence-electron chi connectivity index (χ0n) is 11.8. The lowest BCUT2D eigenvalue weighted by molar-refractivity contribution is -0.146. The van der Waals surface area contributed by atoms with E-state index in [-0.39, 0.29) is 23.8 Å². The van der Waals surface area contributed by atoms with Gasteiger partial charge in [-0.2, -0.15) is 0 Å². The molecule has 4 heteroatoms. The number of carboxylic acid groups (broad SMARTS) is 1. The van der Waals surface area contributed by atoms with E-state index in [1.165, 1.54) is 0 Å². The van der Waals surface area contributed by atoms with Crippen molar-refractivity contribution in [1.82, 2.24) is 5.32 Å². The largest absolute Gasteiger partial charge is 0.481 e. The second-order valence-electron chi connectivity index (χ2n) is 6.44. The predicted octanol–water partition coefficient (Wildman–Crippen LogP) is 2.29. The minimum absolute atomic E-state index is 0.0817. The van der Waals surface area contributed by atoms with Crippen LogP contribution >= 0.6 is 0 Å². The molecule has 17 heavy (non-hydrogen) atoms. The summed E-state index contributed by atoms with van der Waals surface area (Å²) in [6.07, 6.45) is 0.430. The van der Waals surface area contributed by atoms with Crippen LogP contribution in [-0.2, 0) is 9.59 Å². The fourth-order valence-corrected chi connectivity index (χ4v) is 1.05. The van der Waals surface area contributed by atoms with E-state index < -0.39 is 11.4 Å². The normalized spacial score (nSPS) is 14.2. The van der Waals surface area contributed by atoms with Crippen LogP contribution in [0.2, 0.25) is 0 Å². The maximum Gasteiger partial charge on any atom is 0.310 e. The van der Waals surface area contributed by atoms with Gasteiger partial charge in [-0.25, -0.2) is 0 Å². The monoisotopic (exact) mass is 243 g/mol. The van der Waals surface area contributed by atoms with E-state index in [9.17, 15) is 9.59 Å². The molecule has 0 rings (SSSR count). The molecule has 1 amide bonds. The topological polar surface area (TPSA) is 66.4 Å². The molecule has 0 heterocycles. The molecule has 0 spiro atoms. The van der Waals surface area contributed by atoms with Crippen LogP contribution in [0.5, 0.6) is 0 Å². The lowest BCUT2D eigenvalue weighted by Gasteiger charge is -2.27. The first-order chi connectivity index (χ1) is 7.47. The average molecular weight is 243 g/mol. The Balaban J connectivity index is 4.18. The summed E-state index contributed by atoms with van der Waals surface area (Å²) in [7, 11) is 0. The maximum atomic E-state index is 11.7. The van der Waals surface area contributed by atoms with Crippen molar-refractivity contribution in [3.05, 3.63) is 0 Å². The Labute approximate surface area is 104 Å². The van der Waals surface area contributed by atoms with E-state index in [1.54, 1.807) is 13.8 Å². The number of carbonyl (C=O) groups excluding carboxylic acids is 1. The van der Waals surface area contributed by atoms with Crippen LogP contribution in [0.3, 0.4) is 0 Å². The number of carbonyl (C=O) groups is 2. The van der Waals surface area contributed by atoms with Crippen LogP contribution in [-0.4, -0.2) is 23.5 Å². The fraction of sp³-hybridized carbons (Fsp3) is 0.846. The first-order valence-corrected chi connectivity index (χ1v) is 5.97. The third-order valence-electron chi connectivity index (χ3n) is 3.28. The van der Waals surface area contributed by atoms with Crippen LogP contribution in [0.25, 0.3) is 0 Å². The molecule has 0 aliphatic rings. The van der Waals surface area contributed by atoms with Gasteiger partial charge in [0.1, 0.15) is 0 Å². The van der Waals surface area contributed by atoms with Crippen molar-refractivity contribution in [3.63, 3.8) is 0 Å². The van der Waals surface area contributed by atoms with Crippen LogP contribution in [0.1, 0.15) is 48.0 Å². The van der Waals surface area contributed by atoms with E-state index in [4.69, 9.17) is 5.11 Å². The molecule has 0 aliphatic carbocycles. The molecule has 0 saturated carbocycles. The summed E-state index contributed by atoms with van der Waals surface area (Å²) in [5, 5.41) is 11.6. The van der Waals surface area contributed by atoms with E-state index >= 15 is 0 Å². The molecule has 1 unspecified atom stereocenters. The third kappa shape index (κ3) is 5.71. The molecule has 0 fully saturated rings. The number of carboxylic acids is 1. The lowest BCUT2D eigenvalue weighted by Crippen LogP contribution is -2.39. The predicted molar refractivity (Wildman–Crippen MR) is 67.7 cm³/mol. The highest BCUT2D eigenvalue weighted by molar-refractivity contribution is 5.78. The summed E-state index contributed by atoms with van der Waals surface area (Å²) in [5.74, 6) is -0.723. The molecular weight excluding hydrogens is 218 g/mol. The first kappa shape index (κ1) is 15.9. The molecule has 0 radical (unpaired) electrons. The number of rotatable bonds is 5. The standard InChI is InChI=1S/C13H25NO3/c1-9(12(2,3)4)7-10(15)14-8-13(5,6)11(16)17/h9H,7-8H2,1-6H3,(H,14,15)(H,16,17). The molecule has 0 aromatic carbocycles. The van der Waals surface area contributed by atoms with Gasteiger partial charge in [0.15, 0.2) is 0 Å². The second-order valence-corrected chi connectivity index (χ2v) is 6.44. The van der Waals surface area contributed by atoms with Gasteiger partial charge in [0, 0.05) is 13.0 Å². The van der Waals surface area contributed by atoms with Crippen molar-refractivity contribution in [2.24, 2.45) is 16.7 Å². The molecular formula is C13H25NO3. The van der Waals surface area contributed by atoms with Crippen molar-refractivity contribution in [3.8, 4) is 0 Å². The Hall–Kier alpha value is -1.06. The smallest absolute Gasteiger partial charge is 0.310 e. The molecule has 0 saturated heterocycles. The molecule has 2 N–H and O–H groups in total. The zero-order valence-corrected chi connectivity index (χ0v) is 11.8. The van der Waals surface area contributed by atoms with Gasteiger partial charge in [-0.05, 0) is 25.2 Å². The molecule has 0 bridgehead atoms. The highest BCUT2D eigenvalue weighted by Gasteiger charge is 2.28. The second kappa shape index (κ2) is 5.52. The Morgan fingerprint density at radius 1 is 1.18 bits per heavy atom. The van der Waals surface area contributed by atoms with Crippen LogP contribution in [0, 0.1) is 16.7 Å². The van der Waals surface area contributed by atoms with Gasteiger partial charge in [0.05, 0.1) is 5.41 Å². The summed E-state index contributed by atoms with van der Waals surface area (Å²) in [5.41, 5.74) is -0.833. The number of hydrogen-bond donors (Lipinski definition) is 2. The van der Waals surface area contributed by atoms with Gasteiger partial charge < -0.3 is 10.4 Å².